The van der Waals surface area contributed by atoms with Gasteiger partial charge in [-0.05, 0) is 24.1 Å². The molecule has 1 amide bonds. The van der Waals surface area contributed by atoms with E-state index in [4.69, 9.17) is 5.73 Å². The van der Waals surface area contributed by atoms with Gasteiger partial charge in [-0.1, -0.05) is 30.3 Å². The molecule has 0 saturated heterocycles. The summed E-state index contributed by atoms with van der Waals surface area (Å²) in [4.78, 5) is 31.2. The Kier molecular flexibility index (Phi) is 5.69. The second-order valence-corrected chi connectivity index (χ2v) is 6.25. The van der Waals surface area contributed by atoms with E-state index in [2.05, 4.69) is 15.3 Å². The number of benzene rings is 1. The molecule has 0 aliphatic rings. The van der Waals surface area contributed by atoms with E-state index in [-0.39, 0.29) is 17.4 Å². The van der Waals surface area contributed by atoms with Crippen LogP contribution in [0.3, 0.4) is 0 Å². The number of anilines is 1. The van der Waals surface area contributed by atoms with Crippen molar-refractivity contribution in [1.82, 2.24) is 19.9 Å². The maximum absolute atomic E-state index is 12.0. The molecule has 4 N–H and O–H groups in total. The molecule has 0 atom stereocenters. The Morgan fingerprint density at radius 3 is 2.61 bits per heavy atom. The number of nitrogen functional groups attached to an aromatic ring is 1. The Bertz CT molecular complexity index is 998. The molecule has 0 fully saturated rings. The summed E-state index contributed by atoms with van der Waals surface area (Å²) in [5.74, 6) is -1.02. The first kappa shape index (κ1) is 19.1. The number of carboxylic acid groups (broad SMARTS) is 1. The fourth-order valence-corrected chi connectivity index (χ4v) is 3.08. The molecule has 28 heavy (non-hydrogen) atoms. The first-order chi connectivity index (χ1) is 13.5. The molecule has 2 heterocycles. The molecule has 3 aromatic rings. The number of carbonyl (C=O) groups is 2. The van der Waals surface area contributed by atoms with Crippen molar-refractivity contribution in [1.29, 1.82) is 0 Å². The van der Waals surface area contributed by atoms with Crippen molar-refractivity contribution < 1.29 is 14.7 Å². The van der Waals surface area contributed by atoms with Crippen LogP contribution in [0, 0.1) is 0 Å². The van der Waals surface area contributed by atoms with Crippen LogP contribution in [-0.2, 0) is 11.3 Å². The van der Waals surface area contributed by atoms with Crippen molar-refractivity contribution >= 4 is 17.8 Å². The van der Waals surface area contributed by atoms with Gasteiger partial charge in [0.05, 0.1) is 22.6 Å². The van der Waals surface area contributed by atoms with Crippen LogP contribution in [0.1, 0.15) is 23.7 Å². The summed E-state index contributed by atoms with van der Waals surface area (Å²) in [7, 11) is 0. The summed E-state index contributed by atoms with van der Waals surface area (Å²) in [6.07, 6.45) is 2.16. The Hall–Kier alpha value is -3.68. The van der Waals surface area contributed by atoms with E-state index < -0.39 is 5.97 Å². The number of rotatable bonds is 7. The minimum Gasteiger partial charge on any atom is -0.478 e. The van der Waals surface area contributed by atoms with Gasteiger partial charge in [-0.2, -0.15) is 0 Å². The molecule has 8 heteroatoms. The van der Waals surface area contributed by atoms with Crippen LogP contribution in [0.25, 0.3) is 22.6 Å². The van der Waals surface area contributed by atoms with Crippen molar-refractivity contribution in [3.05, 3.63) is 54.2 Å². The number of nitrogens with zero attached hydrogens (tertiary/aromatic N) is 3. The lowest BCUT2D eigenvalue weighted by molar-refractivity contribution is -0.118. The highest BCUT2D eigenvalue weighted by atomic mass is 16.4. The van der Waals surface area contributed by atoms with Gasteiger partial charge >= 0.3 is 5.97 Å². The summed E-state index contributed by atoms with van der Waals surface area (Å²) in [5, 5.41) is 12.5. The highest BCUT2D eigenvalue weighted by Gasteiger charge is 2.22. The smallest absolute Gasteiger partial charge is 0.337 e. The van der Waals surface area contributed by atoms with Gasteiger partial charge in [-0.3, -0.25) is 4.79 Å². The molecule has 2 aromatic heterocycles. The SMILES string of the molecule is CC(=O)NCCCn1c(-c2ccnc(N)n2)cc(C(=O)O)c1-c1ccccc1. The number of carboxylic acids is 1. The molecule has 0 aliphatic heterocycles. The van der Waals surface area contributed by atoms with Crippen LogP contribution in [0.4, 0.5) is 5.95 Å². The predicted octanol–water partition coefficient (Wildman–Crippen LogP) is 2.42. The van der Waals surface area contributed by atoms with E-state index in [9.17, 15) is 14.7 Å². The average Bonchev–Trinajstić information content (AvgIpc) is 3.05. The Morgan fingerprint density at radius 1 is 1.21 bits per heavy atom. The molecule has 0 unspecified atom stereocenters. The van der Waals surface area contributed by atoms with Gasteiger partial charge in [0.15, 0.2) is 0 Å². The summed E-state index contributed by atoms with van der Waals surface area (Å²) in [6, 6.07) is 12.6. The van der Waals surface area contributed by atoms with Crippen LogP contribution >= 0.6 is 0 Å². The van der Waals surface area contributed by atoms with E-state index in [1.54, 1.807) is 12.1 Å². The predicted molar refractivity (Wildman–Crippen MR) is 106 cm³/mol. The maximum Gasteiger partial charge on any atom is 0.337 e. The molecule has 0 aliphatic carbocycles. The number of hydrogen-bond donors (Lipinski definition) is 3. The zero-order valence-corrected chi connectivity index (χ0v) is 15.4. The van der Waals surface area contributed by atoms with Crippen LogP contribution in [0.2, 0.25) is 0 Å². The molecule has 0 radical (unpaired) electrons. The highest BCUT2D eigenvalue weighted by molar-refractivity contribution is 5.97. The lowest BCUT2D eigenvalue weighted by Gasteiger charge is -2.14. The first-order valence-corrected chi connectivity index (χ1v) is 8.83. The number of aromatic carboxylic acids is 1. The van der Waals surface area contributed by atoms with Crippen molar-refractivity contribution in [3.8, 4) is 22.6 Å². The normalized spacial score (nSPS) is 10.6. The van der Waals surface area contributed by atoms with Gasteiger partial charge in [0, 0.05) is 26.2 Å². The molecule has 8 nitrogen and oxygen atoms in total. The average molecular weight is 379 g/mol. The number of hydrogen-bond acceptors (Lipinski definition) is 5. The fraction of sp³-hybridized carbons (Fsp3) is 0.200. The van der Waals surface area contributed by atoms with E-state index in [1.165, 1.54) is 13.1 Å². The third-order valence-corrected chi connectivity index (χ3v) is 4.24. The van der Waals surface area contributed by atoms with Crippen LogP contribution in [0.5, 0.6) is 0 Å². The van der Waals surface area contributed by atoms with E-state index in [0.717, 1.165) is 5.56 Å². The van der Waals surface area contributed by atoms with Crippen LogP contribution in [0.15, 0.2) is 48.7 Å². The number of aromatic nitrogens is 3. The minimum absolute atomic E-state index is 0.106. The van der Waals surface area contributed by atoms with Crippen LogP contribution in [-0.4, -0.2) is 38.1 Å². The molecular weight excluding hydrogens is 358 g/mol. The molecule has 3 rings (SSSR count). The largest absolute Gasteiger partial charge is 0.478 e. The minimum atomic E-state index is -1.03. The monoisotopic (exact) mass is 379 g/mol. The summed E-state index contributed by atoms with van der Waals surface area (Å²) in [6.45, 7) is 2.44. The standard InChI is InChI=1S/C20H21N5O3/c1-13(26)22-9-5-11-25-17(16-8-10-23-20(21)24-16)12-15(19(27)28)18(25)14-6-3-2-4-7-14/h2-4,6-8,10,12H,5,9,11H2,1H3,(H,22,26)(H,27,28)(H2,21,23,24). The van der Waals surface area contributed by atoms with E-state index in [0.29, 0.717) is 36.6 Å². The highest BCUT2D eigenvalue weighted by Crippen LogP contribution is 2.33. The van der Waals surface area contributed by atoms with Gasteiger partial charge in [-0.15, -0.1) is 0 Å². The van der Waals surface area contributed by atoms with Gasteiger partial charge < -0.3 is 20.7 Å². The molecule has 0 saturated carbocycles. The van der Waals surface area contributed by atoms with E-state index >= 15 is 0 Å². The maximum atomic E-state index is 12.0. The number of carbonyl (C=O) groups excluding carboxylic acids is 1. The molecule has 0 spiro atoms. The second kappa shape index (κ2) is 8.34. The van der Waals surface area contributed by atoms with Crippen LogP contribution < -0.4 is 11.1 Å². The van der Waals surface area contributed by atoms with Crippen molar-refractivity contribution in [2.24, 2.45) is 0 Å². The Morgan fingerprint density at radius 2 is 1.96 bits per heavy atom. The van der Waals surface area contributed by atoms with Crippen molar-refractivity contribution in [2.75, 3.05) is 12.3 Å². The quantitative estimate of drug-likeness (QED) is 0.542. The van der Waals surface area contributed by atoms with Crippen molar-refractivity contribution in [2.45, 2.75) is 19.9 Å². The zero-order valence-electron chi connectivity index (χ0n) is 15.4. The second-order valence-electron chi connectivity index (χ2n) is 6.25. The number of nitrogens with one attached hydrogen (secondary N) is 1. The summed E-state index contributed by atoms with van der Waals surface area (Å²) in [5.41, 5.74) is 8.44. The van der Waals surface area contributed by atoms with Gasteiger partial charge in [0.25, 0.3) is 0 Å². The molecule has 0 bridgehead atoms. The van der Waals surface area contributed by atoms with E-state index in [1.807, 2.05) is 34.9 Å². The van der Waals surface area contributed by atoms with Crippen molar-refractivity contribution in [3.63, 3.8) is 0 Å². The third kappa shape index (κ3) is 4.17. The first-order valence-electron chi connectivity index (χ1n) is 8.83. The number of amides is 1. The molecular formula is C20H21N5O3. The number of nitrogens with two attached hydrogens (primary N) is 1. The lowest BCUT2D eigenvalue weighted by Crippen LogP contribution is -2.22. The molecule has 1 aromatic carbocycles. The van der Waals surface area contributed by atoms with Gasteiger partial charge in [-0.25, -0.2) is 14.8 Å². The molecule has 144 valence electrons. The topological polar surface area (TPSA) is 123 Å². The van der Waals surface area contributed by atoms with Gasteiger partial charge in [0.2, 0.25) is 11.9 Å². The summed E-state index contributed by atoms with van der Waals surface area (Å²) < 4.78 is 1.91. The Balaban J connectivity index is 2.12. The third-order valence-electron chi connectivity index (χ3n) is 4.24. The van der Waals surface area contributed by atoms with Gasteiger partial charge in [0.1, 0.15) is 0 Å². The zero-order chi connectivity index (χ0) is 20.1. The lowest BCUT2D eigenvalue weighted by atomic mass is 10.1. The Labute approximate surface area is 162 Å². The fourth-order valence-electron chi connectivity index (χ4n) is 3.08. The summed E-state index contributed by atoms with van der Waals surface area (Å²) >= 11 is 0.